The molecule has 2 amide bonds. The summed E-state index contributed by atoms with van der Waals surface area (Å²) in [5.74, 6) is 1.80. The van der Waals surface area contributed by atoms with E-state index in [9.17, 15) is 9.59 Å². The van der Waals surface area contributed by atoms with Gasteiger partial charge in [0.05, 0.1) is 11.3 Å². The van der Waals surface area contributed by atoms with Gasteiger partial charge in [0.2, 0.25) is 11.8 Å². The van der Waals surface area contributed by atoms with E-state index in [1.165, 1.54) is 12.8 Å². The van der Waals surface area contributed by atoms with Gasteiger partial charge in [-0.15, -0.1) is 0 Å². The first kappa shape index (κ1) is 15.2. The maximum atomic E-state index is 13.0. The van der Waals surface area contributed by atoms with E-state index in [0.717, 1.165) is 51.2 Å². The van der Waals surface area contributed by atoms with Crippen LogP contribution in [-0.4, -0.2) is 47.8 Å². The Morgan fingerprint density at radius 2 is 2.09 bits per heavy atom. The van der Waals surface area contributed by atoms with Crippen LogP contribution in [0.3, 0.4) is 0 Å². The summed E-state index contributed by atoms with van der Waals surface area (Å²) >= 11 is 0. The Balaban J connectivity index is 1.42. The maximum Gasteiger partial charge on any atom is 0.228 e. The number of rotatable bonds is 3. The van der Waals surface area contributed by atoms with Gasteiger partial charge in [-0.3, -0.25) is 9.59 Å². The quantitative estimate of drug-likeness (QED) is 0.751. The number of allylic oxidation sites excluding steroid dienone is 2. The van der Waals surface area contributed by atoms with E-state index in [1.54, 1.807) is 0 Å². The summed E-state index contributed by atoms with van der Waals surface area (Å²) in [5, 5.41) is 0. The van der Waals surface area contributed by atoms with E-state index in [4.69, 9.17) is 0 Å². The van der Waals surface area contributed by atoms with Crippen molar-refractivity contribution >= 4 is 11.8 Å². The zero-order valence-electron chi connectivity index (χ0n) is 14.2. The second-order valence-corrected chi connectivity index (χ2v) is 8.37. The Kier molecular flexibility index (Phi) is 3.73. The van der Waals surface area contributed by atoms with Gasteiger partial charge < -0.3 is 9.80 Å². The molecule has 4 heteroatoms. The fourth-order valence-corrected chi connectivity index (χ4v) is 4.61. The first-order valence-electron chi connectivity index (χ1n) is 9.30. The Hall–Kier alpha value is -1.32. The molecule has 2 heterocycles. The SMILES string of the molecule is CC1(C(=O)N2CC3CCN(CC4CC4)C(=O)C3C2)CC=CCC1. The minimum Gasteiger partial charge on any atom is -0.342 e. The van der Waals surface area contributed by atoms with E-state index in [-0.39, 0.29) is 17.2 Å². The number of carbonyl (C=O) groups is 2. The van der Waals surface area contributed by atoms with Gasteiger partial charge in [0.15, 0.2) is 0 Å². The molecule has 1 saturated carbocycles. The summed E-state index contributed by atoms with van der Waals surface area (Å²) in [6.45, 7) is 5.41. The standard InChI is InChI=1S/C19H28N2O2/c1-19(8-3-2-4-9-19)18(23)21-12-15-7-10-20(11-14-5-6-14)17(22)16(15)13-21/h2-3,14-16H,4-13H2,1H3. The predicted octanol–water partition coefficient (Wildman–Crippen LogP) is 2.45. The zero-order chi connectivity index (χ0) is 16.0. The Morgan fingerprint density at radius 1 is 1.26 bits per heavy atom. The van der Waals surface area contributed by atoms with Crippen molar-refractivity contribution in [2.24, 2.45) is 23.2 Å². The molecule has 2 saturated heterocycles. The molecule has 23 heavy (non-hydrogen) atoms. The van der Waals surface area contributed by atoms with E-state index < -0.39 is 0 Å². The van der Waals surface area contributed by atoms with Crippen molar-refractivity contribution in [1.29, 1.82) is 0 Å². The van der Waals surface area contributed by atoms with Crippen molar-refractivity contribution < 1.29 is 9.59 Å². The highest BCUT2D eigenvalue weighted by Gasteiger charge is 2.47. The summed E-state index contributed by atoms with van der Waals surface area (Å²) < 4.78 is 0. The molecule has 2 aliphatic heterocycles. The van der Waals surface area contributed by atoms with Gasteiger partial charge in [-0.25, -0.2) is 0 Å². The van der Waals surface area contributed by atoms with Crippen molar-refractivity contribution in [2.45, 2.75) is 45.4 Å². The third kappa shape index (κ3) is 2.81. The molecular weight excluding hydrogens is 288 g/mol. The lowest BCUT2D eigenvalue weighted by Crippen LogP contribution is -2.46. The highest BCUT2D eigenvalue weighted by atomic mass is 16.2. The Morgan fingerprint density at radius 3 is 2.78 bits per heavy atom. The molecule has 0 aromatic heterocycles. The Bertz CT molecular complexity index is 539. The molecule has 3 atom stereocenters. The van der Waals surface area contributed by atoms with Crippen LogP contribution in [0.2, 0.25) is 0 Å². The number of carbonyl (C=O) groups excluding carboxylic acids is 2. The summed E-state index contributed by atoms with van der Waals surface area (Å²) in [5.41, 5.74) is -0.251. The number of nitrogens with zero attached hydrogens (tertiary/aromatic N) is 2. The topological polar surface area (TPSA) is 40.6 Å². The third-order valence-electron chi connectivity index (χ3n) is 6.42. The largest absolute Gasteiger partial charge is 0.342 e. The van der Waals surface area contributed by atoms with Gasteiger partial charge >= 0.3 is 0 Å². The van der Waals surface area contributed by atoms with Crippen LogP contribution in [0.4, 0.5) is 0 Å². The van der Waals surface area contributed by atoms with Crippen LogP contribution in [0.5, 0.6) is 0 Å². The van der Waals surface area contributed by atoms with Crippen molar-refractivity contribution in [2.75, 3.05) is 26.2 Å². The first-order valence-corrected chi connectivity index (χ1v) is 9.30. The predicted molar refractivity (Wildman–Crippen MR) is 88.6 cm³/mol. The molecule has 4 rings (SSSR count). The number of hydrogen-bond acceptors (Lipinski definition) is 2. The Labute approximate surface area is 138 Å². The minimum atomic E-state index is -0.251. The van der Waals surface area contributed by atoms with E-state index >= 15 is 0 Å². The summed E-state index contributed by atoms with van der Waals surface area (Å²) in [6, 6.07) is 0. The highest BCUT2D eigenvalue weighted by molar-refractivity contribution is 5.86. The average molecular weight is 316 g/mol. The number of amides is 2. The third-order valence-corrected chi connectivity index (χ3v) is 6.42. The molecule has 3 unspecified atom stereocenters. The van der Waals surface area contributed by atoms with Crippen molar-refractivity contribution in [3.05, 3.63) is 12.2 Å². The van der Waals surface area contributed by atoms with E-state index in [2.05, 4.69) is 24.0 Å². The van der Waals surface area contributed by atoms with Gasteiger partial charge in [0.25, 0.3) is 0 Å². The summed E-state index contributed by atoms with van der Waals surface area (Å²) in [7, 11) is 0. The first-order chi connectivity index (χ1) is 11.1. The summed E-state index contributed by atoms with van der Waals surface area (Å²) in [4.78, 5) is 29.9. The molecule has 3 fully saturated rings. The molecule has 126 valence electrons. The fourth-order valence-electron chi connectivity index (χ4n) is 4.61. The lowest BCUT2D eigenvalue weighted by atomic mass is 9.78. The van der Waals surface area contributed by atoms with Crippen LogP contribution in [0, 0.1) is 23.2 Å². The molecule has 0 aromatic rings. The van der Waals surface area contributed by atoms with Gasteiger partial charge in [-0.2, -0.15) is 0 Å². The van der Waals surface area contributed by atoms with Gasteiger partial charge in [-0.05, 0) is 50.4 Å². The second kappa shape index (κ2) is 5.64. The lowest BCUT2D eigenvalue weighted by molar-refractivity contribution is -0.141. The molecule has 0 aromatic carbocycles. The number of fused-ring (bicyclic) bond motifs is 1. The van der Waals surface area contributed by atoms with Crippen LogP contribution in [0.1, 0.15) is 45.4 Å². The monoisotopic (exact) mass is 316 g/mol. The number of hydrogen-bond donors (Lipinski definition) is 0. The number of piperidine rings is 1. The molecular formula is C19H28N2O2. The highest BCUT2D eigenvalue weighted by Crippen LogP contribution is 2.39. The van der Waals surface area contributed by atoms with Crippen LogP contribution in [0.15, 0.2) is 12.2 Å². The molecule has 0 radical (unpaired) electrons. The average Bonchev–Trinajstić information content (AvgIpc) is 3.26. The summed E-state index contributed by atoms with van der Waals surface area (Å²) in [6.07, 6.45) is 10.8. The van der Waals surface area contributed by atoms with Crippen molar-refractivity contribution in [1.82, 2.24) is 9.80 Å². The van der Waals surface area contributed by atoms with Crippen molar-refractivity contribution in [3.63, 3.8) is 0 Å². The smallest absolute Gasteiger partial charge is 0.228 e. The second-order valence-electron chi connectivity index (χ2n) is 8.37. The van der Waals surface area contributed by atoms with Crippen LogP contribution < -0.4 is 0 Å². The molecule has 0 bridgehead atoms. The van der Waals surface area contributed by atoms with Crippen LogP contribution >= 0.6 is 0 Å². The van der Waals surface area contributed by atoms with Crippen molar-refractivity contribution in [3.8, 4) is 0 Å². The van der Waals surface area contributed by atoms with Gasteiger partial charge in [0.1, 0.15) is 0 Å². The van der Waals surface area contributed by atoms with E-state index in [0.29, 0.717) is 18.4 Å². The fraction of sp³-hybridized carbons (Fsp3) is 0.789. The number of likely N-dealkylation sites (tertiary alicyclic amines) is 2. The molecule has 4 aliphatic rings. The zero-order valence-corrected chi connectivity index (χ0v) is 14.2. The minimum absolute atomic E-state index is 0.0641. The van der Waals surface area contributed by atoms with Crippen LogP contribution in [-0.2, 0) is 9.59 Å². The van der Waals surface area contributed by atoms with Crippen LogP contribution in [0.25, 0.3) is 0 Å². The molecule has 0 N–H and O–H groups in total. The van der Waals surface area contributed by atoms with Gasteiger partial charge in [-0.1, -0.05) is 19.1 Å². The molecule has 2 aliphatic carbocycles. The maximum absolute atomic E-state index is 13.0. The molecule has 4 nitrogen and oxygen atoms in total. The van der Waals surface area contributed by atoms with E-state index in [1.807, 2.05) is 4.90 Å². The molecule has 0 spiro atoms. The normalized spacial score (nSPS) is 37.2. The van der Waals surface area contributed by atoms with Gasteiger partial charge in [0, 0.05) is 26.2 Å². The lowest BCUT2D eigenvalue weighted by Gasteiger charge is -2.33.